The van der Waals surface area contributed by atoms with E-state index in [0.29, 0.717) is 5.92 Å². The van der Waals surface area contributed by atoms with E-state index in [1.807, 2.05) is 4.68 Å². The molecule has 2 rings (SSSR count). The number of hydrogen-bond acceptors (Lipinski definition) is 2. The third-order valence-corrected chi connectivity index (χ3v) is 3.64. The van der Waals surface area contributed by atoms with Gasteiger partial charge in [-0.05, 0) is 18.3 Å². The number of rotatable bonds is 4. The van der Waals surface area contributed by atoms with Gasteiger partial charge in [-0.1, -0.05) is 51.2 Å². The predicted molar refractivity (Wildman–Crippen MR) is 65.3 cm³/mol. The molecule has 1 aliphatic rings. The second kappa shape index (κ2) is 5.46. The topological polar surface area (TPSA) is 30.7 Å². The van der Waals surface area contributed by atoms with Crippen LogP contribution in [-0.4, -0.2) is 15.0 Å². The van der Waals surface area contributed by atoms with Crippen LogP contribution >= 0.6 is 0 Å². The van der Waals surface area contributed by atoms with Gasteiger partial charge in [0.2, 0.25) is 0 Å². The number of aromatic nitrogens is 3. The van der Waals surface area contributed by atoms with E-state index in [1.165, 1.54) is 38.5 Å². The molecule has 90 valence electrons. The number of nitrogens with zero attached hydrogens (tertiary/aromatic N) is 3. The van der Waals surface area contributed by atoms with Crippen LogP contribution in [0.5, 0.6) is 0 Å². The highest BCUT2D eigenvalue weighted by molar-refractivity contribution is 4.97. The highest BCUT2D eigenvalue weighted by Crippen LogP contribution is 2.26. The number of hydrogen-bond donors (Lipinski definition) is 0. The standard InChI is InChI=1S/C13H23N3/c1-11(2)13-10-16(15-14-13)9-8-12-6-4-3-5-7-12/h10-12H,3-9H2,1-2H3. The third-order valence-electron chi connectivity index (χ3n) is 3.64. The quantitative estimate of drug-likeness (QED) is 0.780. The average molecular weight is 221 g/mol. The molecule has 1 aromatic heterocycles. The van der Waals surface area contributed by atoms with Crippen LogP contribution in [0.4, 0.5) is 0 Å². The third kappa shape index (κ3) is 3.06. The van der Waals surface area contributed by atoms with E-state index in [-0.39, 0.29) is 0 Å². The molecule has 0 radical (unpaired) electrons. The van der Waals surface area contributed by atoms with Gasteiger partial charge < -0.3 is 0 Å². The first-order valence-corrected chi connectivity index (χ1v) is 6.65. The molecule has 0 N–H and O–H groups in total. The molecule has 3 heteroatoms. The van der Waals surface area contributed by atoms with Crippen molar-refractivity contribution in [2.24, 2.45) is 5.92 Å². The van der Waals surface area contributed by atoms with Crippen molar-refractivity contribution in [2.45, 2.75) is 64.8 Å². The van der Waals surface area contributed by atoms with E-state index in [4.69, 9.17) is 0 Å². The minimum Gasteiger partial charge on any atom is -0.252 e. The Morgan fingerprint density at radius 1 is 1.31 bits per heavy atom. The van der Waals surface area contributed by atoms with Gasteiger partial charge in [-0.25, -0.2) is 0 Å². The molecule has 16 heavy (non-hydrogen) atoms. The van der Waals surface area contributed by atoms with Gasteiger partial charge in [0.05, 0.1) is 5.69 Å². The van der Waals surface area contributed by atoms with E-state index in [1.54, 1.807) is 0 Å². The van der Waals surface area contributed by atoms with Gasteiger partial charge in [0.1, 0.15) is 0 Å². The summed E-state index contributed by atoms with van der Waals surface area (Å²) in [6, 6.07) is 0. The zero-order valence-electron chi connectivity index (χ0n) is 10.5. The first-order valence-electron chi connectivity index (χ1n) is 6.65. The highest BCUT2D eigenvalue weighted by Gasteiger charge is 2.13. The normalized spacial score (nSPS) is 18.2. The van der Waals surface area contributed by atoms with Gasteiger partial charge >= 0.3 is 0 Å². The second-order valence-corrected chi connectivity index (χ2v) is 5.35. The largest absolute Gasteiger partial charge is 0.252 e. The summed E-state index contributed by atoms with van der Waals surface area (Å²) in [5.74, 6) is 1.42. The Hall–Kier alpha value is -0.860. The Labute approximate surface area is 98.2 Å². The van der Waals surface area contributed by atoms with E-state index in [2.05, 4.69) is 30.4 Å². The van der Waals surface area contributed by atoms with Crippen LogP contribution < -0.4 is 0 Å². The van der Waals surface area contributed by atoms with Crippen LogP contribution in [0.25, 0.3) is 0 Å². The van der Waals surface area contributed by atoms with Gasteiger partial charge in [0.25, 0.3) is 0 Å². The van der Waals surface area contributed by atoms with Crippen LogP contribution in [0.1, 0.15) is 64.0 Å². The molecule has 0 atom stereocenters. The zero-order chi connectivity index (χ0) is 11.4. The molecule has 0 unspecified atom stereocenters. The molecule has 1 saturated carbocycles. The fraction of sp³-hybridized carbons (Fsp3) is 0.846. The molecular weight excluding hydrogens is 198 g/mol. The molecule has 0 saturated heterocycles. The van der Waals surface area contributed by atoms with Gasteiger partial charge in [-0.15, -0.1) is 5.10 Å². The molecule has 1 aliphatic carbocycles. The molecule has 3 nitrogen and oxygen atoms in total. The molecular formula is C13H23N3. The molecule has 1 fully saturated rings. The lowest BCUT2D eigenvalue weighted by molar-refractivity contribution is 0.317. The van der Waals surface area contributed by atoms with Crippen LogP contribution in [0.3, 0.4) is 0 Å². The Morgan fingerprint density at radius 2 is 2.06 bits per heavy atom. The lowest BCUT2D eigenvalue weighted by atomic mass is 9.87. The SMILES string of the molecule is CC(C)c1cn(CCC2CCCCC2)nn1. The van der Waals surface area contributed by atoms with E-state index in [9.17, 15) is 0 Å². The Balaban J connectivity index is 1.79. The molecule has 0 amide bonds. The minimum atomic E-state index is 0.489. The molecule has 0 spiro atoms. The molecule has 0 aliphatic heterocycles. The monoisotopic (exact) mass is 221 g/mol. The van der Waals surface area contributed by atoms with Gasteiger partial charge in [-0.3, -0.25) is 4.68 Å². The van der Waals surface area contributed by atoms with Crippen LogP contribution in [0, 0.1) is 5.92 Å². The smallest absolute Gasteiger partial charge is 0.0852 e. The van der Waals surface area contributed by atoms with Crippen molar-refractivity contribution in [3.05, 3.63) is 11.9 Å². The van der Waals surface area contributed by atoms with Gasteiger partial charge in [0, 0.05) is 12.7 Å². The Kier molecular flexibility index (Phi) is 3.97. The number of aryl methyl sites for hydroxylation is 1. The Bertz CT molecular complexity index is 311. The summed E-state index contributed by atoms with van der Waals surface area (Å²) < 4.78 is 2.02. The lowest BCUT2D eigenvalue weighted by Gasteiger charge is -2.20. The highest BCUT2D eigenvalue weighted by atomic mass is 15.4. The summed E-state index contributed by atoms with van der Waals surface area (Å²) in [6.45, 7) is 5.37. The molecule has 1 heterocycles. The average Bonchev–Trinajstić information content (AvgIpc) is 2.76. The fourth-order valence-electron chi connectivity index (χ4n) is 2.48. The fourth-order valence-corrected chi connectivity index (χ4v) is 2.48. The van der Waals surface area contributed by atoms with Crippen molar-refractivity contribution < 1.29 is 0 Å². The Morgan fingerprint density at radius 3 is 2.69 bits per heavy atom. The summed E-state index contributed by atoms with van der Waals surface area (Å²) in [7, 11) is 0. The first kappa shape index (κ1) is 11.6. The summed E-state index contributed by atoms with van der Waals surface area (Å²) >= 11 is 0. The summed E-state index contributed by atoms with van der Waals surface area (Å²) in [5.41, 5.74) is 1.11. The van der Waals surface area contributed by atoms with E-state index >= 15 is 0 Å². The van der Waals surface area contributed by atoms with Crippen molar-refractivity contribution in [1.29, 1.82) is 0 Å². The molecule has 1 aromatic rings. The van der Waals surface area contributed by atoms with Crippen LogP contribution in [0.2, 0.25) is 0 Å². The van der Waals surface area contributed by atoms with Crippen molar-refractivity contribution in [3.8, 4) is 0 Å². The maximum atomic E-state index is 4.19. The van der Waals surface area contributed by atoms with Gasteiger partial charge in [0.15, 0.2) is 0 Å². The van der Waals surface area contributed by atoms with E-state index in [0.717, 1.165) is 18.2 Å². The minimum absolute atomic E-state index is 0.489. The summed E-state index contributed by atoms with van der Waals surface area (Å²) in [4.78, 5) is 0. The zero-order valence-corrected chi connectivity index (χ0v) is 10.5. The molecule has 0 bridgehead atoms. The van der Waals surface area contributed by atoms with Crippen LogP contribution in [0.15, 0.2) is 6.20 Å². The van der Waals surface area contributed by atoms with Crippen molar-refractivity contribution in [2.75, 3.05) is 0 Å². The second-order valence-electron chi connectivity index (χ2n) is 5.35. The first-order chi connectivity index (χ1) is 7.75. The van der Waals surface area contributed by atoms with E-state index < -0.39 is 0 Å². The lowest BCUT2D eigenvalue weighted by Crippen LogP contribution is -2.10. The van der Waals surface area contributed by atoms with Gasteiger partial charge in [-0.2, -0.15) is 0 Å². The molecule has 0 aromatic carbocycles. The van der Waals surface area contributed by atoms with Crippen molar-refractivity contribution in [3.63, 3.8) is 0 Å². The van der Waals surface area contributed by atoms with Crippen LogP contribution in [-0.2, 0) is 6.54 Å². The summed E-state index contributed by atoms with van der Waals surface area (Å²) in [5, 5.41) is 8.38. The predicted octanol–water partition coefficient (Wildman–Crippen LogP) is 3.37. The maximum absolute atomic E-state index is 4.19. The van der Waals surface area contributed by atoms with Crippen molar-refractivity contribution >= 4 is 0 Å². The maximum Gasteiger partial charge on any atom is 0.0852 e. The van der Waals surface area contributed by atoms with Crippen molar-refractivity contribution in [1.82, 2.24) is 15.0 Å². The summed E-state index contributed by atoms with van der Waals surface area (Å²) in [6.07, 6.45) is 10.5.